The van der Waals surface area contributed by atoms with Crippen LogP contribution in [-0.4, -0.2) is 9.97 Å². The summed E-state index contributed by atoms with van der Waals surface area (Å²) >= 11 is 0. The second-order valence-electron chi connectivity index (χ2n) is 12.5. The van der Waals surface area contributed by atoms with Gasteiger partial charge in [0.2, 0.25) is 0 Å². The molecule has 222 valence electrons. The van der Waals surface area contributed by atoms with Gasteiger partial charge in [0, 0.05) is 28.7 Å². The second kappa shape index (κ2) is 10.6. The standard InChI is InChI=1S/C46H28N2/c1-3-13-32-30(11-1)25-41(36-17-7-5-15-34(32)36)42-27-44-40(29-21-23-47-24-22-29)28-45(48-46(44)39-20-10-9-19-38(39)42)43-26-31-12-2-4-14-33(31)35-16-6-8-18-37(35)43/h1-28H. The number of fused-ring (bicyclic) bond motifs is 9. The fourth-order valence-electron chi connectivity index (χ4n) is 7.73. The van der Waals surface area contributed by atoms with Crippen molar-refractivity contribution in [1.82, 2.24) is 9.97 Å². The zero-order valence-electron chi connectivity index (χ0n) is 26.1. The topological polar surface area (TPSA) is 25.8 Å². The molecule has 2 nitrogen and oxygen atoms in total. The Balaban J connectivity index is 1.35. The molecule has 0 aliphatic carbocycles. The van der Waals surface area contributed by atoms with Gasteiger partial charge in [-0.25, -0.2) is 4.98 Å². The van der Waals surface area contributed by atoms with Gasteiger partial charge in [-0.2, -0.15) is 0 Å². The minimum absolute atomic E-state index is 0.963. The Bertz CT molecular complexity index is 2890. The van der Waals surface area contributed by atoms with Crippen molar-refractivity contribution in [3.63, 3.8) is 0 Å². The van der Waals surface area contributed by atoms with Gasteiger partial charge in [-0.3, -0.25) is 4.98 Å². The van der Waals surface area contributed by atoms with E-state index in [4.69, 9.17) is 4.98 Å². The summed E-state index contributed by atoms with van der Waals surface area (Å²) < 4.78 is 0. The molecule has 0 bridgehead atoms. The Morgan fingerprint density at radius 3 is 1.40 bits per heavy atom. The van der Waals surface area contributed by atoms with E-state index in [1.165, 1.54) is 59.6 Å². The number of nitrogens with zero attached hydrogens (tertiary/aromatic N) is 2. The summed E-state index contributed by atoms with van der Waals surface area (Å²) in [5.74, 6) is 0. The number of rotatable bonds is 3. The van der Waals surface area contributed by atoms with Crippen LogP contribution in [0, 0.1) is 0 Å². The molecule has 0 fully saturated rings. The van der Waals surface area contributed by atoms with E-state index in [1.807, 2.05) is 12.4 Å². The maximum Gasteiger partial charge on any atom is 0.0794 e. The fraction of sp³-hybridized carbons (Fsp3) is 0. The first kappa shape index (κ1) is 26.8. The van der Waals surface area contributed by atoms with Gasteiger partial charge >= 0.3 is 0 Å². The van der Waals surface area contributed by atoms with Gasteiger partial charge in [0.25, 0.3) is 0 Å². The predicted octanol–water partition coefficient (Wildman–Crippen LogP) is 12.4. The van der Waals surface area contributed by atoms with Gasteiger partial charge in [0.15, 0.2) is 0 Å². The van der Waals surface area contributed by atoms with Gasteiger partial charge in [-0.15, -0.1) is 0 Å². The highest BCUT2D eigenvalue weighted by atomic mass is 14.7. The van der Waals surface area contributed by atoms with E-state index in [-0.39, 0.29) is 0 Å². The molecular weight excluding hydrogens is 581 g/mol. The molecule has 0 amide bonds. The molecule has 0 atom stereocenters. The van der Waals surface area contributed by atoms with E-state index in [0.717, 1.165) is 38.7 Å². The van der Waals surface area contributed by atoms with Gasteiger partial charge in [0.1, 0.15) is 0 Å². The highest BCUT2D eigenvalue weighted by Crippen LogP contribution is 2.44. The molecular formula is C46H28N2. The molecule has 10 rings (SSSR count). The molecule has 0 saturated heterocycles. The second-order valence-corrected chi connectivity index (χ2v) is 12.5. The molecule has 0 radical (unpaired) electrons. The number of aromatic nitrogens is 2. The molecule has 2 heterocycles. The lowest BCUT2D eigenvalue weighted by Gasteiger charge is -2.18. The van der Waals surface area contributed by atoms with Crippen molar-refractivity contribution in [3.8, 4) is 33.5 Å². The molecule has 0 aliphatic rings. The number of hydrogen-bond donors (Lipinski definition) is 0. The van der Waals surface area contributed by atoms with Crippen LogP contribution in [0.25, 0.3) is 98.3 Å². The maximum absolute atomic E-state index is 5.55. The third-order valence-electron chi connectivity index (χ3n) is 9.91. The zero-order valence-corrected chi connectivity index (χ0v) is 26.1. The van der Waals surface area contributed by atoms with Crippen LogP contribution in [0.1, 0.15) is 0 Å². The van der Waals surface area contributed by atoms with Gasteiger partial charge < -0.3 is 0 Å². The average Bonchev–Trinajstić information content (AvgIpc) is 3.17. The summed E-state index contributed by atoms with van der Waals surface area (Å²) in [7, 11) is 0. The summed E-state index contributed by atoms with van der Waals surface area (Å²) in [6.45, 7) is 0. The number of hydrogen-bond acceptors (Lipinski definition) is 2. The first-order chi connectivity index (χ1) is 23.8. The average molecular weight is 609 g/mol. The molecule has 10 aromatic rings. The van der Waals surface area contributed by atoms with Crippen molar-refractivity contribution in [2.75, 3.05) is 0 Å². The molecule has 0 saturated carbocycles. The predicted molar refractivity (Wildman–Crippen MR) is 203 cm³/mol. The Morgan fingerprint density at radius 1 is 0.312 bits per heavy atom. The third kappa shape index (κ3) is 4.06. The first-order valence-electron chi connectivity index (χ1n) is 16.4. The zero-order chi connectivity index (χ0) is 31.6. The van der Waals surface area contributed by atoms with E-state index in [9.17, 15) is 0 Å². The minimum atomic E-state index is 0.963. The Labute approximate surface area is 277 Å². The van der Waals surface area contributed by atoms with Crippen LogP contribution in [0.3, 0.4) is 0 Å². The van der Waals surface area contributed by atoms with Crippen LogP contribution in [-0.2, 0) is 0 Å². The third-order valence-corrected chi connectivity index (χ3v) is 9.91. The highest BCUT2D eigenvalue weighted by Gasteiger charge is 2.19. The molecule has 8 aromatic carbocycles. The highest BCUT2D eigenvalue weighted by molar-refractivity contribution is 6.22. The molecule has 0 spiro atoms. The summed E-state index contributed by atoms with van der Waals surface area (Å²) in [6, 6.07) is 57.1. The quantitative estimate of drug-likeness (QED) is 0.187. The van der Waals surface area contributed by atoms with Crippen molar-refractivity contribution in [1.29, 1.82) is 0 Å². The van der Waals surface area contributed by atoms with Gasteiger partial charge in [0.05, 0.1) is 11.2 Å². The summed E-state index contributed by atoms with van der Waals surface area (Å²) in [5, 5.41) is 13.4. The lowest BCUT2D eigenvalue weighted by atomic mass is 9.87. The van der Waals surface area contributed by atoms with E-state index in [0.29, 0.717) is 0 Å². The molecule has 48 heavy (non-hydrogen) atoms. The van der Waals surface area contributed by atoms with Crippen molar-refractivity contribution in [2.24, 2.45) is 0 Å². The lowest BCUT2D eigenvalue weighted by molar-refractivity contribution is 1.33. The smallest absolute Gasteiger partial charge is 0.0794 e. The van der Waals surface area contributed by atoms with E-state index in [1.54, 1.807) is 0 Å². The molecule has 0 aliphatic heterocycles. The van der Waals surface area contributed by atoms with Crippen LogP contribution in [0.4, 0.5) is 0 Å². The maximum atomic E-state index is 5.55. The Morgan fingerprint density at radius 2 is 0.771 bits per heavy atom. The summed E-state index contributed by atoms with van der Waals surface area (Å²) in [5.41, 5.74) is 7.80. The van der Waals surface area contributed by atoms with Gasteiger partial charge in [-0.1, -0.05) is 121 Å². The van der Waals surface area contributed by atoms with Crippen LogP contribution >= 0.6 is 0 Å². The normalized spacial score (nSPS) is 11.8. The SMILES string of the molecule is c1ccc2c(c1)cc(-c1cc(-c3ccncc3)c3cc(-c4cc5ccccc5c5ccccc45)c4ccccc4c3n1)c1ccccc12. The Hall–Kier alpha value is -6.38. The largest absolute Gasteiger partial charge is 0.265 e. The molecule has 0 N–H and O–H groups in total. The van der Waals surface area contributed by atoms with Crippen LogP contribution in [0.15, 0.2) is 170 Å². The monoisotopic (exact) mass is 608 g/mol. The minimum Gasteiger partial charge on any atom is -0.265 e. The van der Waals surface area contributed by atoms with Crippen LogP contribution < -0.4 is 0 Å². The lowest BCUT2D eigenvalue weighted by Crippen LogP contribution is -1.95. The van der Waals surface area contributed by atoms with Crippen molar-refractivity contribution >= 4 is 64.8 Å². The van der Waals surface area contributed by atoms with Crippen molar-refractivity contribution < 1.29 is 0 Å². The van der Waals surface area contributed by atoms with Crippen molar-refractivity contribution in [2.45, 2.75) is 0 Å². The summed E-state index contributed by atoms with van der Waals surface area (Å²) in [6.07, 6.45) is 3.76. The molecule has 0 unspecified atom stereocenters. The fourth-order valence-corrected chi connectivity index (χ4v) is 7.73. The molecule has 2 heteroatoms. The summed E-state index contributed by atoms with van der Waals surface area (Å²) in [4.78, 5) is 9.92. The van der Waals surface area contributed by atoms with E-state index < -0.39 is 0 Å². The Kier molecular flexibility index (Phi) is 5.91. The number of pyridine rings is 2. The van der Waals surface area contributed by atoms with Gasteiger partial charge in [-0.05, 0) is 107 Å². The van der Waals surface area contributed by atoms with Crippen LogP contribution in [0.5, 0.6) is 0 Å². The van der Waals surface area contributed by atoms with E-state index in [2.05, 4.69) is 163 Å². The molecule has 2 aromatic heterocycles. The van der Waals surface area contributed by atoms with E-state index >= 15 is 0 Å². The first-order valence-corrected chi connectivity index (χ1v) is 16.4. The van der Waals surface area contributed by atoms with Crippen molar-refractivity contribution in [3.05, 3.63) is 170 Å². The number of benzene rings is 8. The van der Waals surface area contributed by atoms with Crippen LogP contribution in [0.2, 0.25) is 0 Å².